The van der Waals surface area contributed by atoms with Gasteiger partial charge in [0.2, 0.25) is 5.91 Å². The van der Waals surface area contributed by atoms with E-state index in [4.69, 9.17) is 0 Å². The van der Waals surface area contributed by atoms with Gasteiger partial charge in [0.15, 0.2) is 0 Å². The normalized spacial score (nSPS) is 12.7. The van der Waals surface area contributed by atoms with Crippen LogP contribution in [-0.2, 0) is 11.2 Å². The Labute approximate surface area is 120 Å². The Morgan fingerprint density at radius 2 is 2.11 bits per heavy atom. The van der Waals surface area contributed by atoms with Crippen LogP contribution in [0.4, 0.5) is 0 Å². The van der Waals surface area contributed by atoms with Crippen LogP contribution in [0.5, 0.6) is 0 Å². The highest BCUT2D eigenvalue weighted by Gasteiger charge is 2.11. The summed E-state index contributed by atoms with van der Waals surface area (Å²) in [4.78, 5) is 16.2. The molecule has 5 heteroatoms. The van der Waals surface area contributed by atoms with Crippen LogP contribution >= 0.6 is 11.3 Å². The fourth-order valence-corrected chi connectivity index (χ4v) is 2.32. The zero-order valence-electron chi connectivity index (χ0n) is 12.3. The highest BCUT2D eigenvalue weighted by Crippen LogP contribution is 2.07. The summed E-state index contributed by atoms with van der Waals surface area (Å²) in [6.45, 7) is 9.76. The second kappa shape index (κ2) is 8.27. The van der Waals surface area contributed by atoms with Gasteiger partial charge in [-0.05, 0) is 26.2 Å². The van der Waals surface area contributed by atoms with Gasteiger partial charge in [0, 0.05) is 24.9 Å². The number of hydrogen-bond acceptors (Lipinski definition) is 4. The second-order valence-electron chi connectivity index (χ2n) is 5.26. The summed E-state index contributed by atoms with van der Waals surface area (Å²) in [6, 6.07) is -0.146. The third-order valence-corrected chi connectivity index (χ3v) is 3.73. The first-order valence-corrected chi connectivity index (χ1v) is 7.79. The number of thiazole rings is 1. The first-order chi connectivity index (χ1) is 8.99. The van der Waals surface area contributed by atoms with Crippen LogP contribution in [0.1, 0.15) is 37.9 Å². The van der Waals surface area contributed by atoms with Gasteiger partial charge in [-0.25, -0.2) is 4.98 Å². The lowest BCUT2D eigenvalue weighted by atomic mass is 10.1. The van der Waals surface area contributed by atoms with E-state index in [0.717, 1.165) is 36.6 Å². The van der Waals surface area contributed by atoms with Gasteiger partial charge in [0.05, 0.1) is 16.7 Å². The van der Waals surface area contributed by atoms with E-state index in [1.165, 1.54) is 0 Å². The Morgan fingerprint density at radius 1 is 1.37 bits per heavy atom. The molecule has 1 heterocycles. The SMILES string of the molecule is Cc1nc(CCNC(C)C(=O)NCCC(C)C)cs1. The zero-order chi connectivity index (χ0) is 14.3. The second-order valence-corrected chi connectivity index (χ2v) is 6.32. The van der Waals surface area contributed by atoms with Crippen molar-refractivity contribution in [3.63, 3.8) is 0 Å². The molecule has 0 aliphatic carbocycles. The summed E-state index contributed by atoms with van der Waals surface area (Å²) in [5, 5.41) is 9.35. The van der Waals surface area contributed by atoms with Gasteiger partial charge in [0.25, 0.3) is 0 Å². The zero-order valence-corrected chi connectivity index (χ0v) is 13.1. The molecule has 0 aliphatic heterocycles. The fourth-order valence-electron chi connectivity index (χ4n) is 1.67. The van der Waals surface area contributed by atoms with E-state index in [-0.39, 0.29) is 11.9 Å². The number of amides is 1. The summed E-state index contributed by atoms with van der Waals surface area (Å²) >= 11 is 1.67. The summed E-state index contributed by atoms with van der Waals surface area (Å²) in [5.74, 6) is 0.701. The van der Waals surface area contributed by atoms with E-state index in [0.29, 0.717) is 5.92 Å². The molecular formula is C14H25N3OS. The van der Waals surface area contributed by atoms with Crippen molar-refractivity contribution in [3.05, 3.63) is 16.1 Å². The first kappa shape index (κ1) is 16.1. The molecular weight excluding hydrogens is 258 g/mol. The van der Waals surface area contributed by atoms with E-state index in [9.17, 15) is 4.79 Å². The quantitative estimate of drug-likeness (QED) is 0.768. The molecule has 0 saturated heterocycles. The number of carbonyl (C=O) groups excluding carboxylic acids is 1. The van der Waals surface area contributed by atoms with Crippen molar-refractivity contribution >= 4 is 17.2 Å². The molecule has 2 N–H and O–H groups in total. The molecule has 0 fully saturated rings. The Balaban J connectivity index is 2.16. The largest absolute Gasteiger partial charge is 0.355 e. The minimum atomic E-state index is -0.146. The van der Waals surface area contributed by atoms with Gasteiger partial charge in [0.1, 0.15) is 0 Å². The highest BCUT2D eigenvalue weighted by atomic mass is 32.1. The van der Waals surface area contributed by atoms with Crippen LogP contribution in [0.25, 0.3) is 0 Å². The smallest absolute Gasteiger partial charge is 0.236 e. The van der Waals surface area contributed by atoms with Gasteiger partial charge in [-0.2, -0.15) is 0 Å². The molecule has 4 nitrogen and oxygen atoms in total. The van der Waals surface area contributed by atoms with Gasteiger partial charge in [-0.15, -0.1) is 11.3 Å². The number of carbonyl (C=O) groups is 1. The summed E-state index contributed by atoms with van der Waals surface area (Å²) < 4.78 is 0. The Morgan fingerprint density at radius 3 is 2.68 bits per heavy atom. The average molecular weight is 283 g/mol. The van der Waals surface area contributed by atoms with Crippen molar-refractivity contribution in [2.24, 2.45) is 5.92 Å². The molecule has 1 rings (SSSR count). The van der Waals surface area contributed by atoms with E-state index < -0.39 is 0 Å². The molecule has 1 amide bonds. The maximum Gasteiger partial charge on any atom is 0.236 e. The fraction of sp³-hybridized carbons (Fsp3) is 0.714. The number of rotatable bonds is 8. The average Bonchev–Trinajstić information content (AvgIpc) is 2.74. The summed E-state index contributed by atoms with van der Waals surface area (Å²) in [7, 11) is 0. The minimum absolute atomic E-state index is 0.0788. The molecule has 19 heavy (non-hydrogen) atoms. The number of nitrogens with zero attached hydrogens (tertiary/aromatic N) is 1. The van der Waals surface area contributed by atoms with E-state index in [1.807, 2.05) is 13.8 Å². The lowest BCUT2D eigenvalue weighted by Gasteiger charge is -2.14. The van der Waals surface area contributed by atoms with Crippen molar-refractivity contribution in [3.8, 4) is 0 Å². The van der Waals surface area contributed by atoms with E-state index in [2.05, 4.69) is 34.8 Å². The number of aromatic nitrogens is 1. The van der Waals surface area contributed by atoms with Gasteiger partial charge in [-0.1, -0.05) is 13.8 Å². The highest BCUT2D eigenvalue weighted by molar-refractivity contribution is 7.09. The third kappa shape index (κ3) is 6.68. The Bertz CT molecular complexity index is 390. The van der Waals surface area contributed by atoms with Gasteiger partial charge in [-0.3, -0.25) is 4.79 Å². The van der Waals surface area contributed by atoms with Crippen molar-refractivity contribution in [2.75, 3.05) is 13.1 Å². The minimum Gasteiger partial charge on any atom is -0.355 e. The molecule has 0 bridgehead atoms. The van der Waals surface area contributed by atoms with Crippen LogP contribution in [0, 0.1) is 12.8 Å². The van der Waals surface area contributed by atoms with Gasteiger partial charge < -0.3 is 10.6 Å². The lowest BCUT2D eigenvalue weighted by Crippen LogP contribution is -2.43. The molecule has 0 spiro atoms. The predicted molar refractivity (Wildman–Crippen MR) is 80.5 cm³/mol. The van der Waals surface area contributed by atoms with E-state index >= 15 is 0 Å². The first-order valence-electron chi connectivity index (χ1n) is 6.91. The van der Waals surface area contributed by atoms with Crippen LogP contribution in [0.2, 0.25) is 0 Å². The third-order valence-electron chi connectivity index (χ3n) is 2.91. The summed E-state index contributed by atoms with van der Waals surface area (Å²) in [5.41, 5.74) is 1.10. The maximum atomic E-state index is 11.8. The van der Waals surface area contributed by atoms with E-state index in [1.54, 1.807) is 11.3 Å². The number of hydrogen-bond donors (Lipinski definition) is 2. The lowest BCUT2D eigenvalue weighted by molar-refractivity contribution is -0.122. The van der Waals surface area contributed by atoms with Gasteiger partial charge >= 0.3 is 0 Å². The van der Waals surface area contributed by atoms with Crippen LogP contribution < -0.4 is 10.6 Å². The Hall–Kier alpha value is -0.940. The van der Waals surface area contributed by atoms with Crippen molar-refractivity contribution in [1.82, 2.24) is 15.6 Å². The predicted octanol–water partition coefficient (Wildman–Crippen LogP) is 2.13. The molecule has 1 aromatic rings. The molecule has 0 aliphatic rings. The van der Waals surface area contributed by atoms with Crippen molar-refractivity contribution in [1.29, 1.82) is 0 Å². The summed E-state index contributed by atoms with van der Waals surface area (Å²) in [6.07, 6.45) is 1.89. The molecule has 0 radical (unpaired) electrons. The maximum absolute atomic E-state index is 11.8. The standard InChI is InChI=1S/C14H25N3OS/c1-10(2)5-7-16-14(18)11(3)15-8-6-13-9-19-12(4)17-13/h9-11,15H,5-8H2,1-4H3,(H,16,18). The molecule has 0 saturated carbocycles. The van der Waals surface area contributed by atoms with Crippen molar-refractivity contribution < 1.29 is 4.79 Å². The number of aryl methyl sites for hydroxylation is 1. The molecule has 1 aromatic heterocycles. The van der Waals surface area contributed by atoms with Crippen LogP contribution in [0.15, 0.2) is 5.38 Å². The Kier molecular flexibility index (Phi) is 7.02. The molecule has 0 aromatic carbocycles. The number of nitrogens with one attached hydrogen (secondary N) is 2. The van der Waals surface area contributed by atoms with Crippen molar-refractivity contribution in [2.45, 2.75) is 46.6 Å². The molecule has 108 valence electrons. The van der Waals surface area contributed by atoms with Crippen LogP contribution in [0.3, 0.4) is 0 Å². The molecule has 1 unspecified atom stereocenters. The van der Waals surface area contributed by atoms with Crippen LogP contribution in [-0.4, -0.2) is 30.0 Å². The molecule has 1 atom stereocenters. The topological polar surface area (TPSA) is 54.0 Å². The monoisotopic (exact) mass is 283 g/mol.